The van der Waals surface area contributed by atoms with Gasteiger partial charge in [0.05, 0.1) is 25.6 Å². The quantitative estimate of drug-likeness (QED) is 0.536. The average Bonchev–Trinajstić information content (AvgIpc) is 2.96. The highest BCUT2D eigenvalue weighted by Gasteiger charge is 2.29. The zero-order valence-electron chi connectivity index (χ0n) is 11.2. The third-order valence-electron chi connectivity index (χ3n) is 3.09. The average molecular weight is 330 g/mol. The SMILES string of the molecule is Nc1nc2c(ncn2CC2COC(CP(=O)([O-])O)O2)c(=O)[nH]1. The van der Waals surface area contributed by atoms with Gasteiger partial charge in [0.2, 0.25) is 5.95 Å². The highest BCUT2D eigenvalue weighted by molar-refractivity contribution is 7.50. The van der Waals surface area contributed by atoms with Crippen LogP contribution in [0.1, 0.15) is 0 Å². The molecule has 0 bridgehead atoms. The fourth-order valence-electron chi connectivity index (χ4n) is 2.21. The molecular weight excluding hydrogens is 317 g/mol. The minimum Gasteiger partial charge on any atom is -0.778 e. The summed E-state index contributed by atoms with van der Waals surface area (Å²) in [6, 6.07) is 0. The molecule has 0 spiro atoms. The lowest BCUT2D eigenvalue weighted by Crippen LogP contribution is -2.22. The molecule has 0 aliphatic carbocycles. The Hall–Kier alpha value is -1.78. The van der Waals surface area contributed by atoms with Crippen molar-refractivity contribution >= 4 is 24.7 Å². The molecule has 120 valence electrons. The Balaban J connectivity index is 1.75. The maximum atomic E-state index is 11.7. The number of nitrogens with two attached hydrogens (primary N) is 1. The van der Waals surface area contributed by atoms with Crippen LogP contribution in [0, 0.1) is 0 Å². The smallest absolute Gasteiger partial charge is 0.280 e. The molecule has 1 aliphatic heterocycles. The van der Waals surface area contributed by atoms with Crippen molar-refractivity contribution in [1.82, 2.24) is 19.5 Å². The van der Waals surface area contributed by atoms with Crippen molar-refractivity contribution in [2.24, 2.45) is 0 Å². The van der Waals surface area contributed by atoms with Gasteiger partial charge in [-0.2, -0.15) is 4.98 Å². The third-order valence-corrected chi connectivity index (χ3v) is 3.85. The fourth-order valence-corrected chi connectivity index (χ4v) is 2.78. The molecule has 3 unspecified atom stereocenters. The lowest BCUT2D eigenvalue weighted by atomic mass is 10.4. The zero-order chi connectivity index (χ0) is 15.9. The summed E-state index contributed by atoms with van der Waals surface area (Å²) >= 11 is 0. The first-order valence-electron chi connectivity index (χ1n) is 6.32. The summed E-state index contributed by atoms with van der Waals surface area (Å²) in [5.74, 6) is -0.0340. The minimum atomic E-state index is -4.46. The summed E-state index contributed by atoms with van der Waals surface area (Å²) in [7, 11) is -4.46. The molecule has 2 aromatic rings. The number of H-pyrrole nitrogens is 1. The molecule has 3 rings (SSSR count). The molecule has 1 fully saturated rings. The number of fused-ring (bicyclic) bond motifs is 1. The van der Waals surface area contributed by atoms with Crippen molar-refractivity contribution in [3.05, 3.63) is 16.7 Å². The van der Waals surface area contributed by atoms with Gasteiger partial charge in [-0.25, -0.2) is 4.98 Å². The topological polar surface area (TPSA) is 168 Å². The number of aromatic nitrogens is 4. The van der Waals surface area contributed by atoms with E-state index in [0.717, 1.165) is 0 Å². The molecule has 11 nitrogen and oxygen atoms in total. The van der Waals surface area contributed by atoms with E-state index in [2.05, 4.69) is 15.0 Å². The monoisotopic (exact) mass is 330 g/mol. The lowest BCUT2D eigenvalue weighted by Gasteiger charge is -2.19. The maximum absolute atomic E-state index is 11.7. The maximum Gasteiger partial charge on any atom is 0.280 e. The van der Waals surface area contributed by atoms with Gasteiger partial charge in [-0.15, -0.1) is 0 Å². The summed E-state index contributed by atoms with van der Waals surface area (Å²) in [6.45, 7) is 0.389. The van der Waals surface area contributed by atoms with Crippen LogP contribution in [0.2, 0.25) is 0 Å². The number of anilines is 1. The predicted molar refractivity (Wildman–Crippen MR) is 71.9 cm³/mol. The summed E-state index contributed by atoms with van der Waals surface area (Å²) in [4.78, 5) is 41.5. The van der Waals surface area contributed by atoms with Crippen LogP contribution in [-0.4, -0.2) is 49.6 Å². The number of aromatic amines is 1. The van der Waals surface area contributed by atoms with Gasteiger partial charge in [-0.3, -0.25) is 9.78 Å². The Morgan fingerprint density at radius 1 is 1.64 bits per heavy atom. The van der Waals surface area contributed by atoms with Crippen LogP contribution in [0.4, 0.5) is 5.95 Å². The highest BCUT2D eigenvalue weighted by Crippen LogP contribution is 2.32. The molecule has 1 aliphatic rings. The van der Waals surface area contributed by atoms with Crippen LogP contribution in [0.15, 0.2) is 11.1 Å². The number of hydrogen-bond acceptors (Lipinski definition) is 8. The van der Waals surface area contributed by atoms with Crippen molar-refractivity contribution in [2.45, 2.75) is 18.9 Å². The first-order chi connectivity index (χ1) is 10.3. The fraction of sp³-hybridized carbons (Fsp3) is 0.500. The highest BCUT2D eigenvalue weighted by atomic mass is 31.2. The summed E-state index contributed by atoms with van der Waals surface area (Å²) in [5.41, 5.74) is 5.49. The largest absolute Gasteiger partial charge is 0.778 e. The standard InChI is InChI=1S/C10H14N5O6P/c11-10-13-8-7(9(16)14-10)12-4-15(8)1-5-2-20-6(21-5)3-22(17,18)19/h4-6H,1-3H2,(H2,17,18,19)(H3,11,13,14,16)/p-1. The zero-order valence-corrected chi connectivity index (χ0v) is 12.1. The predicted octanol–water partition coefficient (Wildman–Crippen LogP) is -2.01. The molecule has 12 heteroatoms. The van der Waals surface area contributed by atoms with E-state index in [9.17, 15) is 14.3 Å². The molecule has 0 amide bonds. The van der Waals surface area contributed by atoms with E-state index in [1.54, 1.807) is 4.57 Å². The Morgan fingerprint density at radius 3 is 3.14 bits per heavy atom. The first-order valence-corrected chi connectivity index (χ1v) is 8.08. The van der Waals surface area contributed by atoms with Crippen LogP contribution < -0.4 is 16.2 Å². The van der Waals surface area contributed by atoms with E-state index < -0.39 is 31.7 Å². The molecule has 0 radical (unpaired) electrons. The van der Waals surface area contributed by atoms with Crippen LogP contribution in [0.3, 0.4) is 0 Å². The van der Waals surface area contributed by atoms with Crippen LogP contribution in [-0.2, 0) is 20.6 Å². The van der Waals surface area contributed by atoms with Crippen LogP contribution >= 0.6 is 7.60 Å². The second kappa shape index (κ2) is 5.45. The van der Waals surface area contributed by atoms with E-state index in [4.69, 9.17) is 20.1 Å². The van der Waals surface area contributed by atoms with Crippen molar-refractivity contribution in [1.29, 1.82) is 0 Å². The van der Waals surface area contributed by atoms with Crippen molar-refractivity contribution in [3.63, 3.8) is 0 Å². The van der Waals surface area contributed by atoms with Gasteiger partial charge < -0.3 is 34.1 Å². The minimum absolute atomic E-state index is 0.0340. The molecule has 22 heavy (non-hydrogen) atoms. The number of imidazole rings is 1. The van der Waals surface area contributed by atoms with Crippen LogP contribution in [0.25, 0.3) is 11.2 Å². The van der Waals surface area contributed by atoms with E-state index in [1.165, 1.54) is 6.33 Å². The lowest BCUT2D eigenvalue weighted by molar-refractivity contribution is -0.197. The second-order valence-electron chi connectivity index (χ2n) is 4.86. The van der Waals surface area contributed by atoms with Gasteiger partial charge in [0.1, 0.15) is 13.7 Å². The Bertz CT molecular complexity index is 797. The number of rotatable bonds is 4. The van der Waals surface area contributed by atoms with Crippen LogP contribution in [0.5, 0.6) is 0 Å². The van der Waals surface area contributed by atoms with Gasteiger partial charge in [-0.1, -0.05) is 0 Å². The molecule has 3 atom stereocenters. The number of hydrogen-bond donors (Lipinski definition) is 3. The van der Waals surface area contributed by atoms with E-state index in [0.29, 0.717) is 5.65 Å². The molecule has 0 aromatic carbocycles. The Morgan fingerprint density at radius 2 is 2.41 bits per heavy atom. The van der Waals surface area contributed by atoms with Gasteiger partial charge in [0.25, 0.3) is 5.56 Å². The van der Waals surface area contributed by atoms with Gasteiger partial charge >= 0.3 is 0 Å². The summed E-state index contributed by atoms with van der Waals surface area (Å²) in [6.07, 6.45) is -0.683. The molecular formula is C10H13N5O6P-. The molecule has 4 N–H and O–H groups in total. The number of ether oxygens (including phenoxy) is 2. The Kier molecular flexibility index (Phi) is 3.75. The first kappa shape index (κ1) is 15.1. The van der Waals surface area contributed by atoms with E-state index >= 15 is 0 Å². The Labute approximate surface area is 123 Å². The molecule has 0 saturated carbocycles. The summed E-state index contributed by atoms with van der Waals surface area (Å²) in [5, 5.41) is 0. The summed E-state index contributed by atoms with van der Waals surface area (Å²) < 4.78 is 22.9. The van der Waals surface area contributed by atoms with Gasteiger partial charge in [0, 0.05) is 0 Å². The molecule has 2 aromatic heterocycles. The second-order valence-corrected chi connectivity index (χ2v) is 6.50. The number of nitrogens with zero attached hydrogens (tertiary/aromatic N) is 3. The number of nitrogen functional groups attached to an aromatic ring is 1. The van der Waals surface area contributed by atoms with Crippen molar-refractivity contribution in [3.8, 4) is 0 Å². The van der Waals surface area contributed by atoms with Gasteiger partial charge in [-0.05, 0) is 0 Å². The van der Waals surface area contributed by atoms with E-state index in [-0.39, 0.29) is 24.6 Å². The normalized spacial score (nSPS) is 24.6. The molecule has 1 saturated heterocycles. The van der Waals surface area contributed by atoms with Crippen molar-refractivity contribution < 1.29 is 23.8 Å². The van der Waals surface area contributed by atoms with E-state index in [1.807, 2.05) is 0 Å². The third kappa shape index (κ3) is 3.18. The molecule has 3 heterocycles. The van der Waals surface area contributed by atoms with Crippen molar-refractivity contribution in [2.75, 3.05) is 18.5 Å². The number of nitrogens with one attached hydrogen (secondary N) is 1. The van der Waals surface area contributed by atoms with Gasteiger partial charge in [0.15, 0.2) is 17.5 Å².